The number of amides is 1. The zero-order chi connectivity index (χ0) is 19.9. The summed E-state index contributed by atoms with van der Waals surface area (Å²) in [5.74, 6) is 0.576. The first-order valence-electron chi connectivity index (χ1n) is 9.18. The second kappa shape index (κ2) is 7.36. The fourth-order valence-corrected chi connectivity index (χ4v) is 4.55. The van der Waals surface area contributed by atoms with Gasteiger partial charge in [-0.25, -0.2) is 0 Å². The highest BCUT2D eigenvalue weighted by Gasteiger charge is 2.40. The van der Waals surface area contributed by atoms with Crippen LogP contribution in [0.1, 0.15) is 35.0 Å². The number of rotatable bonds is 4. The van der Waals surface area contributed by atoms with Gasteiger partial charge >= 0.3 is 6.18 Å². The van der Waals surface area contributed by atoms with Gasteiger partial charge < -0.3 is 10.1 Å². The van der Waals surface area contributed by atoms with Crippen LogP contribution in [-0.4, -0.2) is 40.4 Å². The molecule has 3 saturated heterocycles. The van der Waals surface area contributed by atoms with Crippen LogP contribution in [-0.2, 0) is 6.18 Å². The maximum Gasteiger partial charge on any atom is 0.427 e. The monoisotopic (exact) mass is 411 g/mol. The minimum Gasteiger partial charge on any atom is -0.438 e. The SMILES string of the molecule is CC1C(NC(=O)c2ccc(Oc3cc(C(F)(F)F)sn3)cc2)C2CCN1CC2. The number of piperidine rings is 3. The molecule has 0 spiro atoms. The Morgan fingerprint density at radius 1 is 1.25 bits per heavy atom. The number of ether oxygens (including phenoxy) is 1. The predicted octanol–water partition coefficient (Wildman–Crippen LogP) is 4.17. The maximum absolute atomic E-state index is 12.6. The third-order valence-corrected chi connectivity index (χ3v) is 6.40. The number of aromatic nitrogens is 1. The smallest absolute Gasteiger partial charge is 0.427 e. The Hall–Kier alpha value is -2.13. The van der Waals surface area contributed by atoms with E-state index in [1.165, 1.54) is 0 Å². The zero-order valence-electron chi connectivity index (χ0n) is 15.2. The highest BCUT2D eigenvalue weighted by atomic mass is 32.1. The van der Waals surface area contributed by atoms with E-state index < -0.39 is 11.1 Å². The number of nitrogens with zero attached hydrogens (tertiary/aromatic N) is 2. The topological polar surface area (TPSA) is 54.5 Å². The Balaban J connectivity index is 1.39. The van der Waals surface area contributed by atoms with E-state index in [9.17, 15) is 18.0 Å². The minimum atomic E-state index is -4.44. The van der Waals surface area contributed by atoms with Gasteiger partial charge in [0.1, 0.15) is 10.6 Å². The van der Waals surface area contributed by atoms with Gasteiger partial charge in [0, 0.05) is 23.7 Å². The largest absolute Gasteiger partial charge is 0.438 e. The molecule has 3 aliphatic heterocycles. The third kappa shape index (κ3) is 3.86. The molecule has 2 aromatic rings. The highest BCUT2D eigenvalue weighted by Crippen LogP contribution is 2.36. The average molecular weight is 411 g/mol. The molecule has 28 heavy (non-hydrogen) atoms. The Kier molecular flexibility index (Phi) is 5.05. The molecule has 3 aliphatic rings. The van der Waals surface area contributed by atoms with Crippen molar-refractivity contribution in [3.63, 3.8) is 0 Å². The molecule has 1 aromatic carbocycles. The molecule has 1 N–H and O–H groups in total. The van der Waals surface area contributed by atoms with E-state index in [4.69, 9.17) is 4.74 Å². The molecular weight excluding hydrogens is 391 g/mol. The van der Waals surface area contributed by atoms with Gasteiger partial charge in [0.25, 0.3) is 5.91 Å². The predicted molar refractivity (Wildman–Crippen MR) is 98.6 cm³/mol. The summed E-state index contributed by atoms with van der Waals surface area (Å²) in [6, 6.07) is 7.65. The van der Waals surface area contributed by atoms with Crippen LogP contribution in [0, 0.1) is 5.92 Å². The van der Waals surface area contributed by atoms with Crippen LogP contribution in [0.25, 0.3) is 0 Å². The quantitative estimate of drug-likeness (QED) is 0.821. The lowest BCUT2D eigenvalue weighted by Gasteiger charge is -2.49. The van der Waals surface area contributed by atoms with Crippen molar-refractivity contribution in [3.8, 4) is 11.6 Å². The van der Waals surface area contributed by atoms with Crippen molar-refractivity contribution < 1.29 is 22.7 Å². The number of nitrogens with one attached hydrogen (secondary N) is 1. The molecule has 0 aliphatic carbocycles. The normalized spacial score (nSPS) is 26.9. The van der Waals surface area contributed by atoms with Gasteiger partial charge in [0.05, 0.1) is 0 Å². The van der Waals surface area contributed by atoms with Gasteiger partial charge in [-0.05, 0) is 74.6 Å². The fourth-order valence-electron chi connectivity index (χ4n) is 4.02. The molecule has 2 unspecified atom stereocenters. The van der Waals surface area contributed by atoms with E-state index in [-0.39, 0.29) is 17.8 Å². The summed E-state index contributed by atoms with van der Waals surface area (Å²) in [5.41, 5.74) is 0.491. The molecule has 1 amide bonds. The number of hydrogen-bond donors (Lipinski definition) is 1. The van der Waals surface area contributed by atoms with Crippen molar-refractivity contribution in [1.29, 1.82) is 0 Å². The van der Waals surface area contributed by atoms with Crippen LogP contribution in [0.15, 0.2) is 30.3 Å². The molecule has 5 nitrogen and oxygen atoms in total. The van der Waals surface area contributed by atoms with E-state index in [0.717, 1.165) is 32.0 Å². The van der Waals surface area contributed by atoms with Gasteiger partial charge in [0.2, 0.25) is 5.88 Å². The van der Waals surface area contributed by atoms with Crippen LogP contribution in [0.3, 0.4) is 0 Å². The molecule has 2 bridgehead atoms. The lowest BCUT2D eigenvalue weighted by Crippen LogP contribution is -2.62. The summed E-state index contributed by atoms with van der Waals surface area (Å²) in [6.45, 7) is 4.34. The first-order valence-corrected chi connectivity index (χ1v) is 9.95. The molecular formula is C19H20F3N3O2S. The van der Waals surface area contributed by atoms with Gasteiger partial charge in [-0.1, -0.05) is 0 Å². The van der Waals surface area contributed by atoms with Crippen LogP contribution in [0.4, 0.5) is 13.2 Å². The van der Waals surface area contributed by atoms with Crippen molar-refractivity contribution >= 4 is 17.4 Å². The highest BCUT2D eigenvalue weighted by molar-refractivity contribution is 7.06. The summed E-state index contributed by atoms with van der Waals surface area (Å²) in [4.78, 5) is 14.2. The van der Waals surface area contributed by atoms with E-state index in [1.54, 1.807) is 24.3 Å². The Bertz CT molecular complexity index is 843. The van der Waals surface area contributed by atoms with E-state index >= 15 is 0 Å². The van der Waals surface area contributed by atoms with Crippen molar-refractivity contribution in [1.82, 2.24) is 14.6 Å². The van der Waals surface area contributed by atoms with E-state index in [2.05, 4.69) is 21.5 Å². The average Bonchev–Trinajstić information content (AvgIpc) is 3.14. The summed E-state index contributed by atoms with van der Waals surface area (Å²) in [5, 5.41) is 3.15. The number of benzene rings is 1. The number of halogens is 3. The van der Waals surface area contributed by atoms with Crippen LogP contribution in [0.5, 0.6) is 11.6 Å². The Morgan fingerprint density at radius 2 is 1.93 bits per heavy atom. The molecule has 150 valence electrons. The van der Waals surface area contributed by atoms with Gasteiger partial charge in [-0.2, -0.15) is 17.5 Å². The van der Waals surface area contributed by atoms with Crippen molar-refractivity contribution in [2.75, 3.05) is 13.1 Å². The number of carbonyl (C=O) groups excluding carboxylic acids is 1. The Morgan fingerprint density at radius 3 is 2.50 bits per heavy atom. The van der Waals surface area contributed by atoms with Crippen LogP contribution in [0.2, 0.25) is 0 Å². The Labute approximate surface area is 164 Å². The molecule has 1 aromatic heterocycles. The number of alkyl halides is 3. The minimum absolute atomic E-state index is 0.115. The van der Waals surface area contributed by atoms with Crippen molar-refractivity contribution in [2.45, 2.75) is 38.0 Å². The van der Waals surface area contributed by atoms with Crippen molar-refractivity contribution in [3.05, 3.63) is 40.8 Å². The number of hydrogen-bond acceptors (Lipinski definition) is 5. The third-order valence-electron chi connectivity index (χ3n) is 5.58. The summed E-state index contributed by atoms with van der Waals surface area (Å²) in [7, 11) is 0. The first kappa shape index (κ1) is 19.2. The maximum atomic E-state index is 12.6. The molecule has 5 rings (SSSR count). The number of carbonyl (C=O) groups is 1. The molecule has 0 radical (unpaired) electrons. The molecule has 3 fully saturated rings. The van der Waals surface area contributed by atoms with E-state index in [0.29, 0.717) is 34.8 Å². The molecule has 0 saturated carbocycles. The lowest BCUT2D eigenvalue weighted by atomic mass is 9.79. The number of fused-ring (bicyclic) bond motifs is 3. The summed E-state index contributed by atoms with van der Waals surface area (Å²) < 4.78 is 46.9. The van der Waals surface area contributed by atoms with Crippen molar-refractivity contribution in [2.24, 2.45) is 5.92 Å². The second-order valence-electron chi connectivity index (χ2n) is 7.27. The summed E-state index contributed by atoms with van der Waals surface area (Å²) >= 11 is 0.341. The second-order valence-corrected chi connectivity index (χ2v) is 8.07. The van der Waals surface area contributed by atoms with Gasteiger partial charge in [-0.15, -0.1) is 0 Å². The van der Waals surface area contributed by atoms with Gasteiger partial charge in [0.15, 0.2) is 0 Å². The summed E-state index contributed by atoms with van der Waals surface area (Å²) in [6.07, 6.45) is -2.22. The molecule has 9 heteroatoms. The first-order chi connectivity index (χ1) is 13.3. The molecule has 2 atom stereocenters. The molecule has 4 heterocycles. The fraction of sp³-hybridized carbons (Fsp3) is 0.474. The van der Waals surface area contributed by atoms with E-state index in [1.807, 2.05) is 0 Å². The van der Waals surface area contributed by atoms with Crippen LogP contribution >= 0.6 is 11.5 Å². The van der Waals surface area contributed by atoms with Gasteiger partial charge in [-0.3, -0.25) is 9.69 Å². The lowest BCUT2D eigenvalue weighted by molar-refractivity contribution is -0.134. The standard InChI is InChI=1S/C19H20F3N3O2S/c1-11-17(12-6-8-25(11)9-7-12)23-18(26)13-2-4-14(5-3-13)27-16-10-15(28-24-16)19(20,21)22/h2-5,10-12,17H,6-9H2,1H3,(H,23,26). The van der Waals surface area contributed by atoms with Crippen LogP contribution < -0.4 is 10.1 Å². The zero-order valence-corrected chi connectivity index (χ0v) is 16.0.